The summed E-state index contributed by atoms with van der Waals surface area (Å²) in [5, 5.41) is 2.07. The first kappa shape index (κ1) is 19.4. The Bertz CT molecular complexity index is 1560. The van der Waals surface area contributed by atoms with Gasteiger partial charge in [0.2, 0.25) is 0 Å². The number of benzene rings is 2. The van der Waals surface area contributed by atoms with Crippen LogP contribution in [0.4, 0.5) is 23.0 Å². The van der Waals surface area contributed by atoms with Crippen LogP contribution in [0.5, 0.6) is 0 Å². The second-order valence-electron chi connectivity index (χ2n) is 8.04. The van der Waals surface area contributed by atoms with Crippen LogP contribution in [0.3, 0.4) is 0 Å². The third-order valence-electron chi connectivity index (χ3n) is 5.76. The molecule has 0 spiro atoms. The monoisotopic (exact) mass is 535 g/mol. The summed E-state index contributed by atoms with van der Waals surface area (Å²) in [7, 11) is 0. The summed E-state index contributed by atoms with van der Waals surface area (Å²) in [6.07, 6.45) is 3.49. The summed E-state index contributed by atoms with van der Waals surface area (Å²) >= 11 is -3.13. The molecule has 160 valence electrons. The van der Waals surface area contributed by atoms with Crippen molar-refractivity contribution in [2.24, 2.45) is 0 Å². The van der Waals surface area contributed by atoms with E-state index in [2.05, 4.69) is 53.4 Å². The number of fused-ring (bicyclic) bond motifs is 4. The van der Waals surface area contributed by atoms with E-state index in [1.807, 2.05) is 31.2 Å². The summed E-state index contributed by atoms with van der Waals surface area (Å²) in [6, 6.07) is 18.7. The quantitative estimate of drug-likeness (QED) is 0.144. The third-order valence-corrected chi connectivity index (χ3v) is 11.9. The fourth-order valence-electron chi connectivity index (χ4n) is 4.34. The normalized spacial score (nSPS) is 20.0. The first-order chi connectivity index (χ1) is 15.5. The standard InChI is InChI=1S/C25H22IN5O/c1-16-10-12-19-20-13-11-17(2)29-25(20)32-22(19)21(16)31-24-23(27-14-15-28-24)30(26(31,3)4)18-8-6-5-7-9-18/h5-15H,3H2,1-2,4H3. The zero-order valence-corrected chi connectivity index (χ0v) is 20.2. The molecule has 5 aromatic rings. The fourth-order valence-corrected chi connectivity index (χ4v) is 10.6. The molecular formula is C25H22IN5O. The minimum absolute atomic E-state index is 0.655. The summed E-state index contributed by atoms with van der Waals surface area (Å²) in [6.45, 7) is 4.09. The Morgan fingerprint density at radius 2 is 1.53 bits per heavy atom. The van der Waals surface area contributed by atoms with Gasteiger partial charge in [0.05, 0.1) is 0 Å². The van der Waals surface area contributed by atoms with Gasteiger partial charge in [0.25, 0.3) is 0 Å². The molecule has 2 aromatic carbocycles. The van der Waals surface area contributed by atoms with Crippen LogP contribution < -0.4 is 6.23 Å². The molecule has 0 fully saturated rings. The number of halogens is 1. The van der Waals surface area contributed by atoms with Crippen molar-refractivity contribution in [1.29, 1.82) is 0 Å². The van der Waals surface area contributed by atoms with Gasteiger partial charge in [-0.3, -0.25) is 0 Å². The van der Waals surface area contributed by atoms with Crippen molar-refractivity contribution in [3.05, 3.63) is 78.2 Å². The Balaban J connectivity index is 1.67. The molecule has 6 nitrogen and oxygen atoms in total. The number of hydrogen-bond acceptors (Lipinski definition) is 6. The number of rotatable bonds is 2. The molecule has 7 heteroatoms. The van der Waals surface area contributed by atoms with E-state index in [4.69, 9.17) is 18.9 Å². The van der Waals surface area contributed by atoms with Crippen molar-refractivity contribution in [2.45, 2.75) is 13.8 Å². The van der Waals surface area contributed by atoms with Crippen LogP contribution in [0.15, 0.2) is 71.4 Å². The molecule has 32 heavy (non-hydrogen) atoms. The van der Waals surface area contributed by atoms with Crippen LogP contribution >= 0.6 is 18.5 Å². The maximum absolute atomic E-state index is 6.39. The van der Waals surface area contributed by atoms with E-state index in [1.54, 1.807) is 12.4 Å². The average Bonchev–Trinajstić information content (AvgIpc) is 3.25. The third kappa shape index (κ3) is 2.63. The van der Waals surface area contributed by atoms with Crippen molar-refractivity contribution in [3.8, 4) is 0 Å². The van der Waals surface area contributed by atoms with E-state index >= 15 is 0 Å². The van der Waals surface area contributed by atoms with Crippen LogP contribution in [0, 0.1) is 13.8 Å². The molecule has 0 saturated carbocycles. The zero-order chi connectivity index (χ0) is 22.0. The molecule has 0 aliphatic carbocycles. The molecule has 0 N–H and O–H groups in total. The zero-order valence-electron chi connectivity index (χ0n) is 18.1. The Morgan fingerprint density at radius 1 is 0.844 bits per heavy atom. The molecule has 1 atom stereocenters. The van der Waals surface area contributed by atoms with Crippen LogP contribution in [0.1, 0.15) is 11.3 Å². The molecule has 1 aliphatic heterocycles. The van der Waals surface area contributed by atoms with Gasteiger partial charge >= 0.3 is 191 Å². The van der Waals surface area contributed by atoms with E-state index in [0.29, 0.717) is 5.71 Å². The first-order valence-electron chi connectivity index (χ1n) is 10.3. The Hall–Kier alpha value is -3.33. The first-order valence-corrected chi connectivity index (χ1v) is 15.9. The van der Waals surface area contributed by atoms with Gasteiger partial charge in [0.1, 0.15) is 0 Å². The number of para-hydroxylation sites is 1. The summed E-state index contributed by atoms with van der Waals surface area (Å²) < 4.78 is 15.8. The van der Waals surface area contributed by atoms with Gasteiger partial charge in [-0.05, 0) is 0 Å². The number of alkyl halides is 1. The molecule has 4 heterocycles. The van der Waals surface area contributed by atoms with E-state index in [0.717, 1.165) is 50.6 Å². The van der Waals surface area contributed by atoms with Gasteiger partial charge in [-0.25, -0.2) is 0 Å². The van der Waals surface area contributed by atoms with E-state index in [-0.39, 0.29) is 0 Å². The van der Waals surface area contributed by atoms with Gasteiger partial charge in [-0.1, -0.05) is 0 Å². The molecule has 0 bridgehead atoms. The topological polar surface area (TPSA) is 58.3 Å². The average molecular weight is 535 g/mol. The number of hydrogen-bond donors (Lipinski definition) is 0. The van der Waals surface area contributed by atoms with Crippen LogP contribution in [-0.4, -0.2) is 24.4 Å². The Labute approximate surface area is 190 Å². The molecule has 3 aromatic heterocycles. The van der Waals surface area contributed by atoms with Gasteiger partial charge in [0.15, 0.2) is 0 Å². The molecule has 1 aliphatic rings. The van der Waals surface area contributed by atoms with Gasteiger partial charge in [-0.2, -0.15) is 0 Å². The predicted molar refractivity (Wildman–Crippen MR) is 141 cm³/mol. The Morgan fingerprint density at radius 3 is 2.28 bits per heavy atom. The van der Waals surface area contributed by atoms with Crippen molar-refractivity contribution < 1.29 is 4.42 Å². The number of pyridine rings is 1. The summed E-state index contributed by atoms with van der Waals surface area (Å²) in [5.74, 6) is 1.67. The van der Waals surface area contributed by atoms with Crippen molar-refractivity contribution in [3.63, 3.8) is 0 Å². The molecular weight excluding hydrogens is 513 g/mol. The molecule has 0 radical (unpaired) electrons. The second kappa shape index (κ2) is 6.83. The van der Waals surface area contributed by atoms with Crippen molar-refractivity contribution >= 4 is 68.1 Å². The number of aryl methyl sites for hydroxylation is 2. The minimum atomic E-state index is -3.13. The van der Waals surface area contributed by atoms with E-state index in [9.17, 15) is 0 Å². The Kier molecular flexibility index (Phi) is 4.13. The van der Waals surface area contributed by atoms with Crippen molar-refractivity contribution in [1.82, 2.24) is 15.0 Å². The SMILES string of the molecule is C=I1(C)N(c2ccccc2)c2nccnc2N1c1c(C)ccc2c1oc1nc(C)ccc12. The number of furan rings is 1. The summed E-state index contributed by atoms with van der Waals surface area (Å²) in [4.78, 5) is 16.4. The van der Waals surface area contributed by atoms with Gasteiger partial charge < -0.3 is 0 Å². The van der Waals surface area contributed by atoms with Crippen LogP contribution in [0.2, 0.25) is 0 Å². The van der Waals surface area contributed by atoms with Crippen LogP contribution in [-0.2, 0) is 0 Å². The number of aromatic nitrogens is 3. The molecule has 1 unspecified atom stereocenters. The number of nitrogens with zero attached hydrogens (tertiary/aromatic N) is 5. The molecule has 6 rings (SSSR count). The fraction of sp³-hybridized carbons (Fsp3) is 0.120. The van der Waals surface area contributed by atoms with Crippen LogP contribution in [0.25, 0.3) is 22.1 Å². The van der Waals surface area contributed by atoms with Crippen molar-refractivity contribution in [2.75, 3.05) is 11.2 Å². The maximum atomic E-state index is 6.39. The molecule has 0 amide bonds. The van der Waals surface area contributed by atoms with E-state index in [1.165, 1.54) is 0 Å². The van der Waals surface area contributed by atoms with Gasteiger partial charge in [0, 0.05) is 0 Å². The molecule has 0 saturated heterocycles. The number of anilines is 4. The second-order valence-corrected chi connectivity index (χ2v) is 15.2. The predicted octanol–water partition coefficient (Wildman–Crippen LogP) is 6.61. The van der Waals surface area contributed by atoms with Gasteiger partial charge in [-0.15, -0.1) is 0 Å². The summed E-state index contributed by atoms with van der Waals surface area (Å²) in [5.41, 5.74) is 5.61. The van der Waals surface area contributed by atoms with E-state index < -0.39 is 18.5 Å².